The molecule has 1 aliphatic heterocycles. The molecule has 1 amide bonds. The number of carbonyl (C=O) groups is 2. The Morgan fingerprint density at radius 2 is 2.32 bits per heavy atom. The van der Waals surface area contributed by atoms with Crippen molar-refractivity contribution in [1.29, 1.82) is 0 Å². The number of carboxylic acid groups (broad SMARTS) is 1. The smallest absolute Gasteiger partial charge is 0.327 e. The minimum atomic E-state index is -0.987. The number of nitrogens with zero attached hydrogens (tertiary/aromatic N) is 2. The molecule has 7 heteroatoms. The molecule has 1 saturated heterocycles. The van der Waals surface area contributed by atoms with Gasteiger partial charge in [-0.25, -0.2) is 9.78 Å². The van der Waals surface area contributed by atoms with Gasteiger partial charge in [0.1, 0.15) is 16.9 Å². The third-order valence-electron chi connectivity index (χ3n) is 2.90. The maximum absolute atomic E-state index is 12.4. The third-order valence-corrected chi connectivity index (χ3v) is 4.56. The largest absolute Gasteiger partial charge is 0.480 e. The number of thioether (sulfide) groups is 1. The Balaban J connectivity index is 2.31. The highest BCUT2D eigenvalue weighted by atomic mass is 35.5. The summed E-state index contributed by atoms with van der Waals surface area (Å²) >= 11 is 7.24. The van der Waals surface area contributed by atoms with Crippen LogP contribution in [0.3, 0.4) is 0 Å². The molecule has 5 nitrogen and oxygen atoms in total. The average Bonchev–Trinajstić information content (AvgIpc) is 2.81. The van der Waals surface area contributed by atoms with E-state index in [0.29, 0.717) is 12.2 Å². The Hall–Kier alpha value is -1.27. The summed E-state index contributed by atoms with van der Waals surface area (Å²) < 4.78 is 0. The molecular formula is C12H13ClN2O3S. The van der Waals surface area contributed by atoms with Crippen LogP contribution in [0.5, 0.6) is 0 Å². The molecular weight excluding hydrogens is 288 g/mol. The zero-order chi connectivity index (χ0) is 14.0. The lowest BCUT2D eigenvalue weighted by molar-refractivity contribution is -0.141. The van der Waals surface area contributed by atoms with Crippen LogP contribution >= 0.6 is 23.4 Å². The van der Waals surface area contributed by atoms with Crippen LogP contribution in [0.1, 0.15) is 23.8 Å². The molecule has 0 saturated carbocycles. The highest BCUT2D eigenvalue weighted by Gasteiger charge is 2.41. The van der Waals surface area contributed by atoms with Crippen LogP contribution in [0, 0.1) is 0 Å². The van der Waals surface area contributed by atoms with E-state index >= 15 is 0 Å². The van der Waals surface area contributed by atoms with Crippen molar-refractivity contribution in [2.45, 2.75) is 24.8 Å². The maximum atomic E-state index is 12.4. The van der Waals surface area contributed by atoms with Gasteiger partial charge in [-0.15, -0.1) is 11.8 Å². The Morgan fingerprint density at radius 1 is 1.58 bits per heavy atom. The summed E-state index contributed by atoms with van der Waals surface area (Å²) in [5, 5.41) is 9.28. The quantitative estimate of drug-likeness (QED) is 0.866. The first-order chi connectivity index (χ1) is 9.04. The molecule has 2 atom stereocenters. The molecule has 2 heterocycles. The molecule has 102 valence electrons. The second kappa shape index (κ2) is 5.79. The van der Waals surface area contributed by atoms with Crippen LogP contribution in [0.25, 0.3) is 0 Å². The van der Waals surface area contributed by atoms with Crippen LogP contribution in [0.4, 0.5) is 0 Å². The van der Waals surface area contributed by atoms with Gasteiger partial charge in [0.2, 0.25) is 0 Å². The van der Waals surface area contributed by atoms with E-state index in [0.717, 1.165) is 0 Å². The SMILES string of the molecule is CCC1SCC(C(=O)O)N1C(=O)c1cccc(Cl)n1. The summed E-state index contributed by atoms with van der Waals surface area (Å²) in [5.74, 6) is -0.967. The standard InChI is InChI=1S/C12H13ClN2O3S/c1-2-10-15(8(6-19-10)12(17)18)11(16)7-4-3-5-9(13)14-7/h3-5,8,10H,2,6H2,1H3,(H,17,18). The van der Waals surface area contributed by atoms with Gasteiger partial charge in [0.25, 0.3) is 5.91 Å². The van der Waals surface area contributed by atoms with E-state index in [9.17, 15) is 14.7 Å². The summed E-state index contributed by atoms with van der Waals surface area (Å²) in [5.41, 5.74) is 0.180. The summed E-state index contributed by atoms with van der Waals surface area (Å²) in [6, 6.07) is 3.94. The first kappa shape index (κ1) is 14.1. The topological polar surface area (TPSA) is 70.5 Å². The van der Waals surface area contributed by atoms with Gasteiger partial charge in [-0.1, -0.05) is 24.6 Å². The maximum Gasteiger partial charge on any atom is 0.327 e. The predicted octanol–water partition coefficient (Wildman–Crippen LogP) is 2.11. The predicted molar refractivity (Wildman–Crippen MR) is 73.4 cm³/mol. The first-order valence-corrected chi connectivity index (χ1v) is 7.27. The molecule has 1 fully saturated rings. The van der Waals surface area contributed by atoms with E-state index in [-0.39, 0.29) is 22.1 Å². The number of aliphatic carboxylic acids is 1. The third kappa shape index (κ3) is 2.84. The molecule has 1 aromatic rings. The second-order valence-corrected chi connectivity index (χ2v) is 5.71. The highest BCUT2D eigenvalue weighted by Crippen LogP contribution is 2.32. The second-order valence-electron chi connectivity index (χ2n) is 4.11. The zero-order valence-corrected chi connectivity index (χ0v) is 11.8. The fraction of sp³-hybridized carbons (Fsp3) is 0.417. The highest BCUT2D eigenvalue weighted by molar-refractivity contribution is 8.00. The van der Waals surface area contributed by atoms with E-state index in [1.54, 1.807) is 18.2 Å². The van der Waals surface area contributed by atoms with Crippen molar-refractivity contribution >= 4 is 35.2 Å². The molecule has 1 aliphatic rings. The Kier molecular flexibility index (Phi) is 4.31. The fourth-order valence-corrected chi connectivity index (χ4v) is 3.51. The van der Waals surface area contributed by atoms with Crippen LogP contribution in [0.2, 0.25) is 5.15 Å². The van der Waals surface area contributed by atoms with Gasteiger partial charge in [0.05, 0.1) is 5.37 Å². The van der Waals surface area contributed by atoms with Gasteiger partial charge in [0, 0.05) is 5.75 Å². The zero-order valence-electron chi connectivity index (χ0n) is 10.2. The number of carboxylic acids is 1. The molecule has 0 bridgehead atoms. The first-order valence-electron chi connectivity index (χ1n) is 5.84. The number of rotatable bonds is 3. The van der Waals surface area contributed by atoms with Gasteiger partial charge < -0.3 is 10.0 Å². The van der Waals surface area contributed by atoms with Crippen molar-refractivity contribution in [1.82, 2.24) is 9.88 Å². The van der Waals surface area contributed by atoms with E-state index in [4.69, 9.17) is 11.6 Å². The number of halogens is 1. The van der Waals surface area contributed by atoms with Gasteiger partial charge in [-0.05, 0) is 18.6 Å². The van der Waals surface area contributed by atoms with Crippen LogP contribution < -0.4 is 0 Å². The van der Waals surface area contributed by atoms with E-state index in [2.05, 4.69) is 4.98 Å². The minimum absolute atomic E-state index is 0.130. The number of carbonyl (C=O) groups excluding carboxylic acids is 1. The fourth-order valence-electron chi connectivity index (χ4n) is 2.00. The Labute approximate surface area is 120 Å². The minimum Gasteiger partial charge on any atom is -0.480 e. The number of aromatic nitrogens is 1. The molecule has 2 rings (SSSR count). The molecule has 0 aliphatic carbocycles. The number of hydrogen-bond acceptors (Lipinski definition) is 4. The van der Waals surface area contributed by atoms with E-state index in [1.165, 1.54) is 16.7 Å². The van der Waals surface area contributed by atoms with Gasteiger partial charge in [-0.2, -0.15) is 0 Å². The lowest BCUT2D eigenvalue weighted by atomic mass is 10.2. The lowest BCUT2D eigenvalue weighted by Crippen LogP contribution is -2.45. The molecule has 0 radical (unpaired) electrons. The monoisotopic (exact) mass is 300 g/mol. The van der Waals surface area contributed by atoms with Crippen LogP contribution in [-0.2, 0) is 4.79 Å². The van der Waals surface area contributed by atoms with Crippen molar-refractivity contribution in [3.05, 3.63) is 29.0 Å². The van der Waals surface area contributed by atoms with Crippen LogP contribution in [-0.4, -0.2) is 44.0 Å². The molecule has 19 heavy (non-hydrogen) atoms. The molecule has 1 N–H and O–H groups in total. The van der Waals surface area contributed by atoms with Gasteiger partial charge in [-0.3, -0.25) is 4.79 Å². The number of amides is 1. The van der Waals surface area contributed by atoms with Crippen molar-refractivity contribution in [3.8, 4) is 0 Å². The summed E-state index contributed by atoms with van der Waals surface area (Å²) in [6.45, 7) is 1.92. The van der Waals surface area contributed by atoms with Gasteiger partial charge in [0.15, 0.2) is 0 Å². The van der Waals surface area contributed by atoms with Crippen molar-refractivity contribution < 1.29 is 14.7 Å². The Bertz CT molecular complexity index is 512. The van der Waals surface area contributed by atoms with Crippen molar-refractivity contribution in [3.63, 3.8) is 0 Å². The van der Waals surface area contributed by atoms with E-state index < -0.39 is 12.0 Å². The summed E-state index contributed by atoms with van der Waals surface area (Å²) in [4.78, 5) is 29.0. The Morgan fingerprint density at radius 3 is 2.89 bits per heavy atom. The lowest BCUT2D eigenvalue weighted by Gasteiger charge is -2.26. The molecule has 2 unspecified atom stereocenters. The molecule has 0 spiro atoms. The van der Waals surface area contributed by atoms with E-state index in [1.807, 2.05) is 6.92 Å². The molecule has 0 aromatic carbocycles. The van der Waals surface area contributed by atoms with Crippen molar-refractivity contribution in [2.75, 3.05) is 5.75 Å². The van der Waals surface area contributed by atoms with Crippen molar-refractivity contribution in [2.24, 2.45) is 0 Å². The normalized spacial score (nSPS) is 22.5. The number of pyridine rings is 1. The average molecular weight is 301 g/mol. The summed E-state index contributed by atoms with van der Waals surface area (Å²) in [7, 11) is 0. The van der Waals surface area contributed by atoms with Gasteiger partial charge >= 0.3 is 5.97 Å². The summed E-state index contributed by atoms with van der Waals surface area (Å²) in [6.07, 6.45) is 0.695. The number of hydrogen-bond donors (Lipinski definition) is 1. The van der Waals surface area contributed by atoms with Crippen LogP contribution in [0.15, 0.2) is 18.2 Å². The molecule has 1 aromatic heterocycles.